The first-order valence-electron chi connectivity index (χ1n) is 14.9. The Kier molecular flexibility index (Phi) is 8.16. The highest BCUT2D eigenvalue weighted by molar-refractivity contribution is 5.86. The lowest BCUT2D eigenvalue weighted by Crippen LogP contribution is -2.51. The SMILES string of the molecule is COC(=O)NC(C(=O)N1CCCC1c1ncc(-c2ccc(C#Cc3ccc4nc(C5CCCN5)[nH]c4c3)cc2)[nH]1)C(C)C. The molecule has 4 N–H and O–H groups in total. The number of nitrogens with zero attached hydrogens (tertiary/aromatic N) is 3. The zero-order valence-corrected chi connectivity index (χ0v) is 24.7. The van der Waals surface area contributed by atoms with Crippen molar-refractivity contribution in [2.24, 2.45) is 5.92 Å². The molecule has 3 atom stereocenters. The maximum atomic E-state index is 13.4. The highest BCUT2D eigenvalue weighted by atomic mass is 16.5. The molecule has 2 aliphatic rings. The maximum absolute atomic E-state index is 13.4. The molecular formula is C33H37N7O3. The Morgan fingerprint density at radius 3 is 2.56 bits per heavy atom. The predicted molar refractivity (Wildman–Crippen MR) is 164 cm³/mol. The van der Waals surface area contributed by atoms with Crippen LogP contribution in [0.2, 0.25) is 0 Å². The molecule has 2 saturated heterocycles. The fourth-order valence-electron chi connectivity index (χ4n) is 5.91. The number of ether oxygens (including phenoxy) is 1. The van der Waals surface area contributed by atoms with Gasteiger partial charge < -0.3 is 30.2 Å². The molecule has 222 valence electrons. The first-order chi connectivity index (χ1) is 20.9. The first-order valence-corrected chi connectivity index (χ1v) is 14.9. The molecule has 4 aromatic rings. The van der Waals surface area contributed by atoms with Crippen LogP contribution in [0, 0.1) is 17.8 Å². The van der Waals surface area contributed by atoms with E-state index in [0.29, 0.717) is 12.6 Å². The molecular weight excluding hydrogens is 542 g/mol. The van der Waals surface area contributed by atoms with Gasteiger partial charge in [0, 0.05) is 17.7 Å². The van der Waals surface area contributed by atoms with Crippen molar-refractivity contribution in [1.29, 1.82) is 0 Å². The Morgan fingerprint density at radius 1 is 1.02 bits per heavy atom. The number of aromatic nitrogens is 4. The molecule has 2 fully saturated rings. The molecule has 6 rings (SSSR count). The number of likely N-dealkylation sites (tertiary alicyclic amines) is 1. The number of fused-ring (bicyclic) bond motifs is 1. The summed E-state index contributed by atoms with van der Waals surface area (Å²) in [5.41, 5.74) is 5.66. The van der Waals surface area contributed by atoms with Gasteiger partial charge >= 0.3 is 6.09 Å². The van der Waals surface area contributed by atoms with E-state index in [1.807, 2.05) is 55.1 Å². The third kappa shape index (κ3) is 6.13. The van der Waals surface area contributed by atoms with Gasteiger partial charge in [0.25, 0.3) is 0 Å². The first kappa shape index (κ1) is 28.5. The molecule has 43 heavy (non-hydrogen) atoms. The van der Waals surface area contributed by atoms with Gasteiger partial charge in [-0.1, -0.05) is 37.8 Å². The lowest BCUT2D eigenvalue weighted by molar-refractivity contribution is -0.135. The molecule has 10 heteroatoms. The van der Waals surface area contributed by atoms with E-state index in [2.05, 4.69) is 43.5 Å². The summed E-state index contributed by atoms with van der Waals surface area (Å²) in [4.78, 5) is 43.3. The van der Waals surface area contributed by atoms with Crippen LogP contribution >= 0.6 is 0 Å². The Bertz CT molecular complexity index is 1670. The number of carbonyl (C=O) groups excluding carboxylic acids is 2. The molecule has 10 nitrogen and oxygen atoms in total. The number of carbonyl (C=O) groups is 2. The van der Waals surface area contributed by atoms with Crippen LogP contribution in [0.15, 0.2) is 48.7 Å². The van der Waals surface area contributed by atoms with Gasteiger partial charge in [-0.15, -0.1) is 0 Å². The molecule has 0 aliphatic carbocycles. The summed E-state index contributed by atoms with van der Waals surface area (Å²) in [6, 6.07) is 13.6. The van der Waals surface area contributed by atoms with Gasteiger partial charge in [0.2, 0.25) is 5.91 Å². The molecule has 0 bridgehead atoms. The van der Waals surface area contributed by atoms with E-state index in [9.17, 15) is 9.59 Å². The second kappa shape index (κ2) is 12.3. The van der Waals surface area contributed by atoms with Crippen molar-refractivity contribution >= 4 is 23.0 Å². The largest absolute Gasteiger partial charge is 0.453 e. The molecule has 2 aromatic carbocycles. The van der Waals surface area contributed by atoms with Crippen molar-refractivity contribution in [2.45, 2.75) is 57.7 Å². The summed E-state index contributed by atoms with van der Waals surface area (Å²) >= 11 is 0. The average Bonchev–Trinajstić information content (AvgIpc) is 3.84. The number of hydrogen-bond acceptors (Lipinski definition) is 6. The van der Waals surface area contributed by atoms with Gasteiger partial charge in [0.15, 0.2) is 0 Å². The van der Waals surface area contributed by atoms with Crippen molar-refractivity contribution < 1.29 is 14.3 Å². The molecule has 2 amide bonds. The van der Waals surface area contributed by atoms with E-state index in [1.54, 1.807) is 6.20 Å². The number of aromatic amines is 2. The standard InChI is InChI=1S/C33H37N7O3/c1-20(2)29(39-33(42)43-3)32(41)40-17-5-7-28(40)31-35-19-27(38-31)23-13-10-21(11-14-23)8-9-22-12-15-24-26(18-22)37-30(36-24)25-6-4-16-34-25/h10-15,18-20,25,28-29,34H,4-7,16-17H2,1-3H3,(H,35,38)(H,36,37)(H,39,42). The molecule has 3 unspecified atom stereocenters. The Hall–Kier alpha value is -4.62. The number of imidazole rings is 2. The minimum absolute atomic E-state index is 0.0815. The van der Waals surface area contributed by atoms with E-state index in [4.69, 9.17) is 9.72 Å². The van der Waals surface area contributed by atoms with E-state index in [0.717, 1.165) is 70.9 Å². The van der Waals surface area contributed by atoms with Crippen molar-refractivity contribution in [3.05, 3.63) is 71.4 Å². The fourth-order valence-corrected chi connectivity index (χ4v) is 5.91. The van der Waals surface area contributed by atoms with Crippen molar-refractivity contribution in [3.8, 4) is 23.1 Å². The normalized spacial score (nSPS) is 18.9. The van der Waals surface area contributed by atoms with Crippen LogP contribution in [0.5, 0.6) is 0 Å². The van der Waals surface area contributed by atoms with Crippen LogP contribution in [-0.4, -0.2) is 63.1 Å². The van der Waals surface area contributed by atoms with Gasteiger partial charge in [-0.2, -0.15) is 0 Å². The number of nitrogens with one attached hydrogen (secondary N) is 4. The second-order valence-electron chi connectivity index (χ2n) is 11.6. The van der Waals surface area contributed by atoms with Gasteiger partial charge in [0.05, 0.1) is 42.1 Å². The van der Waals surface area contributed by atoms with Crippen molar-refractivity contribution in [2.75, 3.05) is 20.2 Å². The van der Waals surface area contributed by atoms with Gasteiger partial charge in [0.1, 0.15) is 17.7 Å². The summed E-state index contributed by atoms with van der Waals surface area (Å²) in [5.74, 6) is 8.08. The van der Waals surface area contributed by atoms with E-state index >= 15 is 0 Å². The monoisotopic (exact) mass is 579 g/mol. The van der Waals surface area contributed by atoms with Gasteiger partial charge in [-0.3, -0.25) is 4.79 Å². The number of amides is 2. The van der Waals surface area contributed by atoms with Gasteiger partial charge in [-0.25, -0.2) is 14.8 Å². The molecule has 2 aliphatic heterocycles. The second-order valence-corrected chi connectivity index (χ2v) is 11.6. The molecule has 0 radical (unpaired) electrons. The minimum Gasteiger partial charge on any atom is -0.453 e. The van der Waals surface area contributed by atoms with Crippen LogP contribution in [0.25, 0.3) is 22.3 Å². The van der Waals surface area contributed by atoms with Gasteiger partial charge in [-0.05, 0) is 74.0 Å². The van der Waals surface area contributed by atoms with E-state index in [-0.39, 0.29) is 17.9 Å². The van der Waals surface area contributed by atoms with Crippen LogP contribution < -0.4 is 10.6 Å². The fraction of sp³-hybridized carbons (Fsp3) is 0.394. The van der Waals surface area contributed by atoms with E-state index < -0.39 is 12.1 Å². The lowest BCUT2D eigenvalue weighted by atomic mass is 10.0. The summed E-state index contributed by atoms with van der Waals surface area (Å²) in [6.07, 6.45) is 5.15. The number of hydrogen-bond donors (Lipinski definition) is 4. The number of benzene rings is 2. The molecule has 0 spiro atoms. The molecule has 4 heterocycles. The smallest absolute Gasteiger partial charge is 0.407 e. The van der Waals surface area contributed by atoms with Crippen molar-refractivity contribution in [3.63, 3.8) is 0 Å². The highest BCUT2D eigenvalue weighted by Crippen LogP contribution is 2.33. The average molecular weight is 580 g/mol. The van der Waals surface area contributed by atoms with Crippen LogP contribution in [0.3, 0.4) is 0 Å². The molecule has 2 aromatic heterocycles. The quantitative estimate of drug-likeness (QED) is 0.243. The number of rotatable bonds is 6. The summed E-state index contributed by atoms with van der Waals surface area (Å²) < 4.78 is 4.73. The minimum atomic E-state index is -0.663. The van der Waals surface area contributed by atoms with Crippen LogP contribution in [0.1, 0.15) is 74.4 Å². The lowest BCUT2D eigenvalue weighted by Gasteiger charge is -2.30. The highest BCUT2D eigenvalue weighted by Gasteiger charge is 2.37. The zero-order chi connectivity index (χ0) is 29.9. The number of methoxy groups -OCH3 is 1. The maximum Gasteiger partial charge on any atom is 0.407 e. The Morgan fingerprint density at radius 2 is 1.81 bits per heavy atom. The Balaban J connectivity index is 1.13. The van der Waals surface area contributed by atoms with Crippen LogP contribution in [0.4, 0.5) is 4.79 Å². The summed E-state index contributed by atoms with van der Waals surface area (Å²) in [6.45, 7) is 5.47. The number of H-pyrrole nitrogens is 2. The van der Waals surface area contributed by atoms with Crippen molar-refractivity contribution in [1.82, 2.24) is 35.5 Å². The molecule has 0 saturated carbocycles. The van der Waals surface area contributed by atoms with E-state index in [1.165, 1.54) is 13.5 Å². The predicted octanol–water partition coefficient (Wildman–Crippen LogP) is 4.82. The number of alkyl carbamates (subject to hydrolysis) is 1. The third-order valence-corrected chi connectivity index (χ3v) is 8.28. The third-order valence-electron chi connectivity index (χ3n) is 8.28. The Labute approximate surface area is 251 Å². The zero-order valence-electron chi connectivity index (χ0n) is 24.7. The topological polar surface area (TPSA) is 128 Å². The summed E-state index contributed by atoms with van der Waals surface area (Å²) in [5, 5.41) is 6.18. The summed E-state index contributed by atoms with van der Waals surface area (Å²) in [7, 11) is 1.30. The van der Waals surface area contributed by atoms with Crippen LogP contribution in [-0.2, 0) is 9.53 Å².